The molecule has 0 heterocycles. The number of hydrogen-bond acceptors (Lipinski definition) is 4. The molecule has 0 aliphatic heterocycles. The van der Waals surface area contributed by atoms with Crippen molar-refractivity contribution in [3.63, 3.8) is 0 Å². The lowest BCUT2D eigenvalue weighted by molar-refractivity contribution is -0.155. The Morgan fingerprint density at radius 3 is 2.54 bits per heavy atom. The van der Waals surface area contributed by atoms with Gasteiger partial charge in [0.15, 0.2) is 5.60 Å². The van der Waals surface area contributed by atoms with Crippen LogP contribution in [0.2, 0.25) is 0 Å². The van der Waals surface area contributed by atoms with E-state index in [2.05, 4.69) is 37.4 Å². The van der Waals surface area contributed by atoms with Crippen molar-refractivity contribution >= 4 is 23.6 Å². The minimum atomic E-state index is -1.99. The van der Waals surface area contributed by atoms with E-state index in [1.54, 1.807) is 30.0 Å². The molecule has 0 saturated heterocycles. The van der Waals surface area contributed by atoms with Crippen LogP contribution in [0, 0.1) is 13.8 Å². The highest BCUT2D eigenvalue weighted by Gasteiger charge is 2.30. The van der Waals surface area contributed by atoms with Gasteiger partial charge in [0, 0.05) is 16.2 Å². The van der Waals surface area contributed by atoms with E-state index in [0.29, 0.717) is 5.56 Å². The molecule has 1 amide bonds. The Labute approximate surface area is 157 Å². The largest absolute Gasteiger partial charge is 0.479 e. The fourth-order valence-corrected chi connectivity index (χ4v) is 3.31. The van der Waals surface area contributed by atoms with Gasteiger partial charge in [-0.25, -0.2) is 4.79 Å². The number of aliphatic carboxylic acids is 1. The Bertz CT molecular complexity index is 817. The molecule has 6 heteroatoms. The molecule has 0 bridgehead atoms. The normalized spacial score (nSPS) is 13.1. The van der Waals surface area contributed by atoms with Crippen molar-refractivity contribution < 1.29 is 19.8 Å². The predicted octanol–water partition coefficient (Wildman–Crippen LogP) is 3.16. The molecule has 2 rings (SSSR count). The molecule has 138 valence electrons. The third-order valence-electron chi connectivity index (χ3n) is 3.97. The van der Waals surface area contributed by atoms with E-state index in [-0.39, 0.29) is 6.54 Å². The quantitative estimate of drug-likeness (QED) is 0.649. The summed E-state index contributed by atoms with van der Waals surface area (Å²) in [5, 5.41) is 21.0. The van der Waals surface area contributed by atoms with Crippen LogP contribution in [0.5, 0.6) is 0 Å². The van der Waals surface area contributed by atoms with Crippen LogP contribution in [0.3, 0.4) is 0 Å². The first-order valence-corrected chi connectivity index (χ1v) is 9.20. The standard InChI is InChI=1S/C20H23NO4S/c1-13-7-8-17(14(2)9-13)26-11-15-5-4-6-16(10-15)18(22)21-12-20(3,25)19(23)24/h4-10,25H,11-12H2,1-3H3,(H,21,22)(H,23,24). The molecule has 2 aromatic carbocycles. The number of carboxylic acid groups (broad SMARTS) is 1. The number of aliphatic hydroxyl groups is 1. The topological polar surface area (TPSA) is 86.6 Å². The van der Waals surface area contributed by atoms with E-state index in [0.717, 1.165) is 18.2 Å². The van der Waals surface area contributed by atoms with Crippen LogP contribution >= 0.6 is 11.8 Å². The van der Waals surface area contributed by atoms with Crippen LogP contribution in [0.4, 0.5) is 0 Å². The monoisotopic (exact) mass is 373 g/mol. The third-order valence-corrected chi connectivity index (χ3v) is 5.21. The Balaban J connectivity index is 2.01. The maximum atomic E-state index is 12.2. The molecule has 2 aromatic rings. The Hall–Kier alpha value is -2.31. The number of rotatable bonds is 7. The summed E-state index contributed by atoms with van der Waals surface area (Å²) in [4.78, 5) is 24.3. The second kappa shape index (κ2) is 8.38. The van der Waals surface area contributed by atoms with E-state index in [1.807, 2.05) is 6.07 Å². The average Bonchev–Trinajstić information content (AvgIpc) is 2.59. The van der Waals surface area contributed by atoms with Gasteiger partial charge in [0.2, 0.25) is 0 Å². The molecule has 1 unspecified atom stereocenters. The Kier molecular flexibility index (Phi) is 6.45. The molecular weight excluding hydrogens is 350 g/mol. The minimum Gasteiger partial charge on any atom is -0.479 e. The summed E-state index contributed by atoms with van der Waals surface area (Å²) in [6, 6.07) is 13.5. The summed E-state index contributed by atoms with van der Waals surface area (Å²) in [5.74, 6) is -1.07. The fraction of sp³-hybridized carbons (Fsp3) is 0.300. The number of carboxylic acids is 1. The van der Waals surface area contributed by atoms with Crippen molar-refractivity contribution in [2.75, 3.05) is 6.54 Å². The number of aryl methyl sites for hydroxylation is 2. The van der Waals surface area contributed by atoms with Gasteiger partial charge >= 0.3 is 5.97 Å². The molecule has 0 aliphatic rings. The lowest BCUT2D eigenvalue weighted by atomic mass is 10.1. The van der Waals surface area contributed by atoms with Gasteiger partial charge in [0.1, 0.15) is 0 Å². The number of hydrogen-bond donors (Lipinski definition) is 3. The maximum Gasteiger partial charge on any atom is 0.337 e. The molecule has 1 atom stereocenters. The van der Waals surface area contributed by atoms with Crippen molar-refractivity contribution in [3.05, 3.63) is 64.7 Å². The van der Waals surface area contributed by atoms with Gasteiger partial charge in [0.05, 0.1) is 6.54 Å². The van der Waals surface area contributed by atoms with Gasteiger partial charge in [-0.3, -0.25) is 4.79 Å². The number of thioether (sulfide) groups is 1. The first-order chi connectivity index (χ1) is 12.2. The van der Waals surface area contributed by atoms with Crippen molar-refractivity contribution in [2.45, 2.75) is 37.0 Å². The first-order valence-electron chi connectivity index (χ1n) is 8.22. The smallest absolute Gasteiger partial charge is 0.337 e. The maximum absolute atomic E-state index is 12.2. The van der Waals surface area contributed by atoms with Crippen molar-refractivity contribution in [1.29, 1.82) is 0 Å². The molecule has 0 aromatic heterocycles. The zero-order valence-electron chi connectivity index (χ0n) is 15.1. The SMILES string of the molecule is Cc1ccc(SCc2cccc(C(=O)NCC(C)(O)C(=O)O)c2)c(C)c1. The summed E-state index contributed by atoms with van der Waals surface area (Å²) in [7, 11) is 0. The lowest BCUT2D eigenvalue weighted by Crippen LogP contribution is -2.46. The summed E-state index contributed by atoms with van der Waals surface area (Å²) in [6.07, 6.45) is 0. The molecule has 0 radical (unpaired) electrons. The highest BCUT2D eigenvalue weighted by molar-refractivity contribution is 7.98. The van der Waals surface area contributed by atoms with Crippen LogP contribution in [0.1, 0.15) is 34.0 Å². The second-order valence-corrected chi connectivity index (χ2v) is 7.54. The first kappa shape index (κ1) is 20.0. The summed E-state index contributed by atoms with van der Waals surface area (Å²) in [6.45, 7) is 4.92. The van der Waals surface area contributed by atoms with Crippen LogP contribution in [0.25, 0.3) is 0 Å². The number of carbonyl (C=O) groups is 2. The van der Waals surface area contributed by atoms with Gasteiger partial charge < -0.3 is 15.5 Å². The van der Waals surface area contributed by atoms with E-state index in [4.69, 9.17) is 5.11 Å². The van der Waals surface area contributed by atoms with Gasteiger partial charge in [0.25, 0.3) is 5.91 Å². The second-order valence-electron chi connectivity index (χ2n) is 6.52. The van der Waals surface area contributed by atoms with Gasteiger partial charge in [-0.05, 0) is 50.1 Å². The Morgan fingerprint density at radius 1 is 1.15 bits per heavy atom. The number of carbonyl (C=O) groups excluding carboxylic acids is 1. The highest BCUT2D eigenvalue weighted by Crippen LogP contribution is 2.27. The van der Waals surface area contributed by atoms with E-state index in [1.165, 1.54) is 16.0 Å². The van der Waals surface area contributed by atoms with Crippen LogP contribution < -0.4 is 5.32 Å². The fourth-order valence-electron chi connectivity index (χ4n) is 2.35. The highest BCUT2D eigenvalue weighted by atomic mass is 32.2. The molecular formula is C20H23NO4S. The van der Waals surface area contributed by atoms with E-state index in [9.17, 15) is 14.7 Å². The van der Waals surface area contributed by atoms with Gasteiger partial charge in [-0.1, -0.05) is 29.8 Å². The minimum absolute atomic E-state index is 0.358. The van der Waals surface area contributed by atoms with E-state index < -0.39 is 17.5 Å². The molecule has 26 heavy (non-hydrogen) atoms. The van der Waals surface area contributed by atoms with Crippen molar-refractivity contribution in [1.82, 2.24) is 5.32 Å². The lowest BCUT2D eigenvalue weighted by Gasteiger charge is -2.18. The molecule has 0 aliphatic carbocycles. The number of amides is 1. The zero-order chi connectivity index (χ0) is 19.3. The van der Waals surface area contributed by atoms with E-state index >= 15 is 0 Å². The third kappa shape index (κ3) is 5.34. The number of nitrogens with one attached hydrogen (secondary N) is 1. The number of benzene rings is 2. The molecule has 0 fully saturated rings. The van der Waals surface area contributed by atoms with Gasteiger partial charge in [-0.2, -0.15) is 0 Å². The molecule has 3 N–H and O–H groups in total. The summed E-state index contributed by atoms with van der Waals surface area (Å²) >= 11 is 1.70. The van der Waals surface area contributed by atoms with Crippen molar-refractivity contribution in [2.24, 2.45) is 0 Å². The van der Waals surface area contributed by atoms with Crippen LogP contribution in [0.15, 0.2) is 47.4 Å². The predicted molar refractivity (Wildman–Crippen MR) is 103 cm³/mol. The summed E-state index contributed by atoms with van der Waals surface area (Å²) in [5.41, 5.74) is 1.88. The average molecular weight is 373 g/mol. The Morgan fingerprint density at radius 2 is 1.88 bits per heavy atom. The summed E-state index contributed by atoms with van der Waals surface area (Å²) < 4.78 is 0. The van der Waals surface area contributed by atoms with Crippen LogP contribution in [-0.2, 0) is 10.5 Å². The molecule has 0 saturated carbocycles. The zero-order valence-corrected chi connectivity index (χ0v) is 15.9. The molecule has 0 spiro atoms. The molecule has 5 nitrogen and oxygen atoms in total. The van der Waals surface area contributed by atoms with Crippen molar-refractivity contribution in [3.8, 4) is 0 Å². The van der Waals surface area contributed by atoms with Crippen LogP contribution in [-0.4, -0.2) is 34.2 Å². The van der Waals surface area contributed by atoms with Gasteiger partial charge in [-0.15, -0.1) is 11.8 Å².